The Hall–Kier alpha value is -4.18. The predicted octanol–water partition coefficient (Wildman–Crippen LogP) is 9.05. The van der Waals surface area contributed by atoms with Crippen LogP contribution in [0.3, 0.4) is 0 Å². The molecule has 4 heteroatoms. The topological polar surface area (TPSA) is 57.4 Å². The minimum Gasteiger partial charge on any atom is -0.355 e. The van der Waals surface area contributed by atoms with E-state index in [2.05, 4.69) is 70.7 Å². The molecular formula is C40H32N4. The Bertz CT molecular complexity index is 2300. The first-order valence-electron chi connectivity index (χ1n) is 17.1. The zero-order valence-corrected chi connectivity index (χ0v) is 24.5. The zero-order valence-electron chi connectivity index (χ0n) is 24.5. The second-order valence-corrected chi connectivity index (χ2v) is 15.3. The fourth-order valence-corrected chi connectivity index (χ4v) is 11.8. The van der Waals surface area contributed by atoms with Crippen molar-refractivity contribution >= 4 is 44.4 Å². The molecular weight excluding hydrogens is 536 g/mol. The van der Waals surface area contributed by atoms with E-state index in [4.69, 9.17) is 9.97 Å². The summed E-state index contributed by atoms with van der Waals surface area (Å²) in [7, 11) is 0. The number of aromatic nitrogens is 4. The minimum absolute atomic E-state index is 0.482. The Morgan fingerprint density at radius 2 is 0.795 bits per heavy atom. The molecule has 10 aliphatic rings. The highest BCUT2D eigenvalue weighted by Gasteiger charge is 2.45. The fourth-order valence-electron chi connectivity index (χ4n) is 11.8. The molecule has 1 saturated carbocycles. The molecule has 0 aromatic carbocycles. The Kier molecular flexibility index (Phi) is 3.66. The van der Waals surface area contributed by atoms with Crippen LogP contribution in [0, 0.1) is 23.7 Å². The van der Waals surface area contributed by atoms with Gasteiger partial charge >= 0.3 is 0 Å². The summed E-state index contributed by atoms with van der Waals surface area (Å²) in [6, 6.07) is 9.71. The summed E-state index contributed by atoms with van der Waals surface area (Å²) in [5.74, 6) is 4.35. The van der Waals surface area contributed by atoms with Crippen LogP contribution in [0.2, 0.25) is 0 Å². The lowest BCUT2D eigenvalue weighted by molar-refractivity contribution is 0.728. The average molecular weight is 569 g/mol. The predicted molar refractivity (Wildman–Crippen MR) is 175 cm³/mol. The molecule has 13 rings (SSSR count). The van der Waals surface area contributed by atoms with E-state index in [1.165, 1.54) is 105 Å². The molecule has 0 spiro atoms. The monoisotopic (exact) mass is 568 g/mol. The van der Waals surface area contributed by atoms with Gasteiger partial charge in [0.2, 0.25) is 0 Å². The van der Waals surface area contributed by atoms with Gasteiger partial charge in [0.1, 0.15) is 0 Å². The third kappa shape index (κ3) is 2.48. The van der Waals surface area contributed by atoms with Crippen LogP contribution >= 0.6 is 0 Å². The van der Waals surface area contributed by atoms with Crippen LogP contribution in [-0.2, 0) is 0 Å². The third-order valence-electron chi connectivity index (χ3n) is 13.3. The van der Waals surface area contributed by atoms with Crippen LogP contribution in [0.5, 0.6) is 0 Å². The molecule has 0 radical (unpaired) electrons. The van der Waals surface area contributed by atoms with Crippen LogP contribution in [-0.4, -0.2) is 19.9 Å². The van der Waals surface area contributed by atoms with E-state index in [9.17, 15) is 0 Å². The van der Waals surface area contributed by atoms with Gasteiger partial charge in [0, 0.05) is 57.6 Å². The van der Waals surface area contributed by atoms with Gasteiger partial charge in [-0.15, -0.1) is 0 Å². The van der Waals surface area contributed by atoms with Crippen LogP contribution < -0.4 is 0 Å². The van der Waals surface area contributed by atoms with Crippen molar-refractivity contribution in [3.63, 3.8) is 0 Å². The van der Waals surface area contributed by atoms with Crippen molar-refractivity contribution in [1.29, 1.82) is 0 Å². The molecule has 3 aromatic heterocycles. The molecule has 3 aromatic rings. The summed E-state index contributed by atoms with van der Waals surface area (Å²) in [6.45, 7) is 0. The summed E-state index contributed by atoms with van der Waals surface area (Å²) < 4.78 is 0. The lowest BCUT2D eigenvalue weighted by Gasteiger charge is -2.11. The van der Waals surface area contributed by atoms with E-state index in [1.807, 2.05) is 0 Å². The van der Waals surface area contributed by atoms with Crippen LogP contribution in [0.15, 0.2) is 60.7 Å². The molecule has 0 saturated heterocycles. The summed E-state index contributed by atoms with van der Waals surface area (Å²) in [5.41, 5.74) is 22.1. The normalized spacial score (nSPS) is 34.7. The van der Waals surface area contributed by atoms with Gasteiger partial charge in [-0.1, -0.05) is 36.5 Å². The summed E-state index contributed by atoms with van der Waals surface area (Å²) in [5, 5.41) is 0. The smallest absolute Gasteiger partial charge is 0.0700 e. The average Bonchev–Trinajstić information content (AvgIpc) is 3.88. The second kappa shape index (κ2) is 7.20. The van der Waals surface area contributed by atoms with Gasteiger partial charge in [-0.05, 0) is 119 Å². The van der Waals surface area contributed by atoms with Crippen molar-refractivity contribution in [3.8, 4) is 0 Å². The standard InChI is InChI=1S/C40H32N4/c1-2-18-9-17(1)33-25-13-27-35-19-3-4-21(10-19)37(35)29(42-27)15-31-39-23-7-8-24(12-23)40(39)32(44-31)16-30-38-22-6-5-20(11-22)36(38)28(43-30)14-26(41-25)34(18)33/h1-6,13-24,42,44H,7-12H2/t17-,18+,19+,20-,21-,22+,23+,24-/m0/s1. The number of hydrogen-bond acceptors (Lipinski definition) is 2. The largest absolute Gasteiger partial charge is 0.355 e. The molecule has 44 heavy (non-hydrogen) atoms. The highest BCUT2D eigenvalue weighted by Crippen LogP contribution is 2.59. The van der Waals surface area contributed by atoms with E-state index in [-0.39, 0.29) is 0 Å². The van der Waals surface area contributed by atoms with Crippen molar-refractivity contribution in [2.45, 2.75) is 62.2 Å². The zero-order chi connectivity index (χ0) is 28.0. The van der Waals surface area contributed by atoms with Gasteiger partial charge in [-0.3, -0.25) is 0 Å². The number of allylic oxidation sites excluding steroid dienone is 10. The Balaban J connectivity index is 1.19. The van der Waals surface area contributed by atoms with Crippen molar-refractivity contribution in [2.24, 2.45) is 23.7 Å². The maximum absolute atomic E-state index is 5.47. The molecule has 16 bridgehead atoms. The van der Waals surface area contributed by atoms with Gasteiger partial charge in [0.15, 0.2) is 0 Å². The first kappa shape index (κ1) is 22.3. The Morgan fingerprint density at radius 3 is 1.32 bits per heavy atom. The first-order valence-corrected chi connectivity index (χ1v) is 17.1. The number of hydrogen-bond donors (Lipinski definition) is 2. The second-order valence-electron chi connectivity index (χ2n) is 15.3. The lowest BCUT2D eigenvalue weighted by Crippen LogP contribution is -1.96. The van der Waals surface area contributed by atoms with Crippen LogP contribution in [0.4, 0.5) is 0 Å². The van der Waals surface area contributed by atoms with E-state index in [0.717, 1.165) is 11.4 Å². The molecule has 0 amide bonds. The summed E-state index contributed by atoms with van der Waals surface area (Å²) in [4.78, 5) is 18.9. The molecule has 4 nitrogen and oxygen atoms in total. The molecule has 8 atom stereocenters. The lowest BCUT2D eigenvalue weighted by atomic mass is 9.91. The molecule has 2 N–H and O–H groups in total. The fraction of sp³-hybridized carbons (Fsp3) is 0.350. The number of fused-ring (bicyclic) bond motifs is 34. The molecule has 0 unspecified atom stereocenters. The molecule has 5 heterocycles. The maximum atomic E-state index is 5.47. The van der Waals surface area contributed by atoms with Gasteiger partial charge in [0.25, 0.3) is 0 Å². The van der Waals surface area contributed by atoms with E-state index < -0.39 is 0 Å². The Labute approximate surface area is 255 Å². The van der Waals surface area contributed by atoms with Gasteiger partial charge in [-0.25, -0.2) is 9.97 Å². The van der Waals surface area contributed by atoms with Crippen molar-refractivity contribution < 1.29 is 0 Å². The SMILES string of the molecule is C1=C[C@H]2C[C@@H]1C1=C2c2cc3nc(cc4[nH]c(cc5[nH]c(cc1n2)c1c5[C@@H]2CC[C@H]1C2)c1c4[C@@H]2C=C[C@H]1C2)C1=C3[C@@H]2C=C[C@H]1C2. The number of nitrogens with zero attached hydrogens (tertiary/aromatic N) is 2. The van der Waals surface area contributed by atoms with Crippen molar-refractivity contribution in [2.75, 3.05) is 0 Å². The number of nitrogens with one attached hydrogen (secondary N) is 2. The molecule has 1 fully saturated rings. The summed E-state index contributed by atoms with van der Waals surface area (Å²) in [6.07, 6.45) is 22.3. The Morgan fingerprint density at radius 1 is 0.409 bits per heavy atom. The highest BCUT2D eigenvalue weighted by atomic mass is 14.8. The van der Waals surface area contributed by atoms with Gasteiger partial charge in [0.05, 0.1) is 22.8 Å². The molecule has 8 aliphatic carbocycles. The molecule has 212 valence electrons. The third-order valence-corrected chi connectivity index (χ3v) is 13.3. The van der Waals surface area contributed by atoms with E-state index in [1.54, 1.807) is 11.1 Å². The van der Waals surface area contributed by atoms with Gasteiger partial charge in [-0.2, -0.15) is 0 Å². The highest BCUT2D eigenvalue weighted by molar-refractivity contribution is 6.02. The van der Waals surface area contributed by atoms with E-state index in [0.29, 0.717) is 47.3 Å². The molecule has 2 aliphatic heterocycles. The van der Waals surface area contributed by atoms with Crippen LogP contribution in [0.25, 0.3) is 44.4 Å². The first-order chi connectivity index (χ1) is 21.7. The van der Waals surface area contributed by atoms with E-state index >= 15 is 0 Å². The number of H-pyrrole nitrogens is 2. The van der Waals surface area contributed by atoms with Crippen LogP contribution in [0.1, 0.15) is 107 Å². The summed E-state index contributed by atoms with van der Waals surface area (Å²) >= 11 is 0. The maximum Gasteiger partial charge on any atom is 0.0700 e. The number of aromatic amines is 2. The van der Waals surface area contributed by atoms with Crippen molar-refractivity contribution in [1.82, 2.24) is 19.9 Å². The minimum atomic E-state index is 0.482. The van der Waals surface area contributed by atoms with Gasteiger partial charge < -0.3 is 9.97 Å². The number of rotatable bonds is 0. The quantitative estimate of drug-likeness (QED) is 0.266. The van der Waals surface area contributed by atoms with Crippen molar-refractivity contribution in [3.05, 3.63) is 106 Å².